The summed E-state index contributed by atoms with van der Waals surface area (Å²) in [5.41, 5.74) is 6.11. The van der Waals surface area contributed by atoms with Crippen molar-refractivity contribution in [3.8, 4) is 0 Å². The molecule has 3 atom stereocenters. The molecule has 3 unspecified atom stereocenters. The molecule has 5 heteroatoms. The number of piperidine rings is 1. The van der Waals surface area contributed by atoms with Crippen molar-refractivity contribution in [2.45, 2.75) is 64.7 Å². The zero-order valence-electron chi connectivity index (χ0n) is 12.2. The Morgan fingerprint density at radius 2 is 2.05 bits per heavy atom. The van der Waals surface area contributed by atoms with Crippen molar-refractivity contribution in [1.82, 2.24) is 4.90 Å². The Labute approximate surface area is 122 Å². The van der Waals surface area contributed by atoms with Gasteiger partial charge in [0.25, 0.3) is 5.91 Å². The second-order valence-electron chi connectivity index (χ2n) is 6.38. The van der Waals surface area contributed by atoms with E-state index in [-0.39, 0.29) is 42.0 Å². The Bertz CT molecular complexity index is 323. The molecule has 0 saturated carbocycles. The van der Waals surface area contributed by atoms with Gasteiger partial charge in [-0.1, -0.05) is 20.8 Å². The Morgan fingerprint density at radius 1 is 1.37 bits per heavy atom. The number of nitrogens with zero attached hydrogens (tertiary/aromatic N) is 1. The van der Waals surface area contributed by atoms with Gasteiger partial charge in [-0.2, -0.15) is 0 Å². The molecule has 0 aromatic heterocycles. The van der Waals surface area contributed by atoms with Crippen LogP contribution < -0.4 is 5.73 Å². The standard InChI is InChI=1S/C14H26N2O2.ClH/c1-4-10-5-6-11(18-10)13(17)16-8-7-12(15)14(2,3)9-16;/h10-12H,4-9,15H2,1-3H3;1H. The summed E-state index contributed by atoms with van der Waals surface area (Å²) in [6, 6.07) is 0.189. The first-order valence-corrected chi connectivity index (χ1v) is 7.14. The minimum atomic E-state index is -0.208. The predicted molar refractivity (Wildman–Crippen MR) is 78.4 cm³/mol. The van der Waals surface area contributed by atoms with Crippen LogP contribution in [0.4, 0.5) is 0 Å². The molecule has 1 amide bonds. The highest BCUT2D eigenvalue weighted by Crippen LogP contribution is 2.30. The lowest BCUT2D eigenvalue weighted by Crippen LogP contribution is -2.55. The average Bonchev–Trinajstić information content (AvgIpc) is 2.80. The Balaban J connectivity index is 0.00000180. The first-order chi connectivity index (χ1) is 8.44. The van der Waals surface area contributed by atoms with E-state index in [1.807, 2.05) is 4.90 Å². The van der Waals surface area contributed by atoms with Gasteiger partial charge in [-0.05, 0) is 31.1 Å². The topological polar surface area (TPSA) is 55.6 Å². The van der Waals surface area contributed by atoms with E-state index in [9.17, 15) is 4.79 Å². The maximum atomic E-state index is 12.4. The fraction of sp³-hybridized carbons (Fsp3) is 0.929. The number of likely N-dealkylation sites (tertiary alicyclic amines) is 1. The van der Waals surface area contributed by atoms with Gasteiger partial charge >= 0.3 is 0 Å². The van der Waals surface area contributed by atoms with Crippen LogP contribution in [0.5, 0.6) is 0 Å². The third kappa shape index (κ3) is 3.61. The second kappa shape index (κ2) is 6.42. The number of hydrogen-bond acceptors (Lipinski definition) is 3. The fourth-order valence-electron chi connectivity index (χ4n) is 2.95. The minimum Gasteiger partial charge on any atom is -0.365 e. The Hall–Kier alpha value is -0.320. The summed E-state index contributed by atoms with van der Waals surface area (Å²) in [4.78, 5) is 14.4. The molecule has 2 aliphatic heterocycles. The van der Waals surface area contributed by atoms with Crippen LogP contribution in [-0.2, 0) is 9.53 Å². The van der Waals surface area contributed by atoms with Gasteiger partial charge < -0.3 is 15.4 Å². The molecule has 0 spiro atoms. The monoisotopic (exact) mass is 290 g/mol. The highest BCUT2D eigenvalue weighted by atomic mass is 35.5. The molecule has 0 aliphatic carbocycles. The molecule has 0 aromatic rings. The lowest BCUT2D eigenvalue weighted by molar-refractivity contribution is -0.146. The lowest BCUT2D eigenvalue weighted by Gasteiger charge is -2.43. The highest BCUT2D eigenvalue weighted by Gasteiger charge is 2.39. The first-order valence-electron chi connectivity index (χ1n) is 7.14. The fourth-order valence-corrected chi connectivity index (χ4v) is 2.95. The van der Waals surface area contributed by atoms with E-state index >= 15 is 0 Å². The first kappa shape index (κ1) is 16.7. The summed E-state index contributed by atoms with van der Waals surface area (Å²) in [6.45, 7) is 7.92. The number of carbonyl (C=O) groups excluding carboxylic acids is 1. The third-order valence-electron chi connectivity index (χ3n) is 4.46. The summed E-state index contributed by atoms with van der Waals surface area (Å²) in [6.07, 6.45) is 3.85. The zero-order valence-corrected chi connectivity index (χ0v) is 13.0. The number of halogens is 1. The summed E-state index contributed by atoms with van der Waals surface area (Å²) in [7, 11) is 0. The van der Waals surface area contributed by atoms with Crippen molar-refractivity contribution >= 4 is 18.3 Å². The summed E-state index contributed by atoms with van der Waals surface area (Å²) in [5.74, 6) is 0.172. The molecule has 2 N–H and O–H groups in total. The third-order valence-corrected chi connectivity index (χ3v) is 4.46. The van der Waals surface area contributed by atoms with E-state index in [2.05, 4.69) is 20.8 Å². The second-order valence-corrected chi connectivity index (χ2v) is 6.38. The number of rotatable bonds is 2. The molecule has 2 fully saturated rings. The van der Waals surface area contributed by atoms with Crippen LogP contribution in [0.2, 0.25) is 0 Å². The molecule has 2 aliphatic rings. The van der Waals surface area contributed by atoms with Gasteiger partial charge in [0.1, 0.15) is 6.10 Å². The zero-order chi connectivity index (χ0) is 13.3. The van der Waals surface area contributed by atoms with Crippen molar-refractivity contribution in [3.05, 3.63) is 0 Å². The molecule has 2 rings (SSSR count). The van der Waals surface area contributed by atoms with Crippen LogP contribution in [-0.4, -0.2) is 42.1 Å². The van der Waals surface area contributed by atoms with E-state index in [4.69, 9.17) is 10.5 Å². The molecule has 2 heterocycles. The maximum absolute atomic E-state index is 12.4. The van der Waals surface area contributed by atoms with E-state index in [1.165, 1.54) is 0 Å². The Kier molecular flexibility index (Phi) is 5.65. The maximum Gasteiger partial charge on any atom is 0.251 e. The van der Waals surface area contributed by atoms with E-state index in [0.29, 0.717) is 0 Å². The van der Waals surface area contributed by atoms with E-state index < -0.39 is 0 Å². The summed E-state index contributed by atoms with van der Waals surface area (Å²) < 4.78 is 5.80. The van der Waals surface area contributed by atoms with Crippen LogP contribution >= 0.6 is 12.4 Å². The van der Waals surface area contributed by atoms with Gasteiger partial charge in [0, 0.05) is 19.1 Å². The van der Waals surface area contributed by atoms with Gasteiger partial charge in [0.15, 0.2) is 0 Å². The normalized spacial score (nSPS) is 33.9. The largest absolute Gasteiger partial charge is 0.365 e. The van der Waals surface area contributed by atoms with Gasteiger partial charge in [-0.25, -0.2) is 0 Å². The summed E-state index contributed by atoms with van der Waals surface area (Å²) in [5, 5.41) is 0. The molecule has 0 radical (unpaired) electrons. The molecular weight excluding hydrogens is 264 g/mol. The smallest absolute Gasteiger partial charge is 0.251 e. The molecular formula is C14H27ClN2O2. The van der Waals surface area contributed by atoms with Crippen molar-refractivity contribution in [2.24, 2.45) is 11.1 Å². The van der Waals surface area contributed by atoms with Crippen LogP contribution in [0, 0.1) is 5.41 Å². The van der Waals surface area contributed by atoms with Gasteiger partial charge in [0.2, 0.25) is 0 Å². The molecule has 19 heavy (non-hydrogen) atoms. The Morgan fingerprint density at radius 3 is 2.58 bits per heavy atom. The van der Waals surface area contributed by atoms with Crippen molar-refractivity contribution in [3.63, 3.8) is 0 Å². The predicted octanol–water partition coefficient (Wildman–Crippen LogP) is 1.95. The minimum absolute atomic E-state index is 0. The van der Waals surface area contributed by atoms with Crippen molar-refractivity contribution < 1.29 is 9.53 Å². The van der Waals surface area contributed by atoms with Crippen LogP contribution in [0.1, 0.15) is 46.5 Å². The molecule has 0 bridgehead atoms. The number of carbonyl (C=O) groups is 1. The lowest BCUT2D eigenvalue weighted by atomic mass is 9.79. The van der Waals surface area contributed by atoms with Crippen LogP contribution in [0.15, 0.2) is 0 Å². The molecule has 0 aromatic carbocycles. The number of amides is 1. The number of hydrogen-bond donors (Lipinski definition) is 1. The van der Waals surface area contributed by atoms with Crippen LogP contribution in [0.25, 0.3) is 0 Å². The SMILES string of the molecule is CCC1CCC(C(=O)N2CCC(N)C(C)(C)C2)O1.Cl. The molecule has 2 saturated heterocycles. The van der Waals surface area contributed by atoms with E-state index in [0.717, 1.165) is 38.8 Å². The van der Waals surface area contributed by atoms with Gasteiger partial charge in [0.05, 0.1) is 6.10 Å². The van der Waals surface area contributed by atoms with Gasteiger partial charge in [-0.15, -0.1) is 12.4 Å². The molecule has 112 valence electrons. The highest BCUT2D eigenvalue weighted by molar-refractivity contribution is 5.85. The number of nitrogens with two attached hydrogens (primary N) is 1. The molecule has 4 nitrogen and oxygen atoms in total. The van der Waals surface area contributed by atoms with Crippen molar-refractivity contribution in [1.29, 1.82) is 0 Å². The van der Waals surface area contributed by atoms with Crippen LogP contribution in [0.3, 0.4) is 0 Å². The summed E-state index contributed by atoms with van der Waals surface area (Å²) >= 11 is 0. The number of ether oxygens (including phenoxy) is 1. The van der Waals surface area contributed by atoms with E-state index in [1.54, 1.807) is 0 Å². The van der Waals surface area contributed by atoms with Gasteiger partial charge in [-0.3, -0.25) is 4.79 Å². The average molecular weight is 291 g/mol. The van der Waals surface area contributed by atoms with Crippen molar-refractivity contribution in [2.75, 3.05) is 13.1 Å². The quantitative estimate of drug-likeness (QED) is 0.846.